The quantitative estimate of drug-likeness (QED) is 0.589. The van der Waals surface area contributed by atoms with E-state index in [1.807, 2.05) is 0 Å². The average molecular weight is 481 g/mol. The number of ether oxygens (including phenoxy) is 1. The highest BCUT2D eigenvalue weighted by Crippen LogP contribution is 2.21. The molecular formula is C22H28N2O6S2. The first kappa shape index (κ1) is 24.4. The molecule has 1 heterocycles. The van der Waals surface area contributed by atoms with Crippen LogP contribution in [0.1, 0.15) is 35.2 Å². The van der Waals surface area contributed by atoms with Crippen LogP contribution in [0.5, 0.6) is 0 Å². The Morgan fingerprint density at radius 2 is 1.50 bits per heavy atom. The number of methoxy groups -OCH3 is 1. The lowest BCUT2D eigenvalue weighted by molar-refractivity contribution is 0.0950. The van der Waals surface area contributed by atoms with Gasteiger partial charge in [-0.2, -0.15) is 4.31 Å². The van der Waals surface area contributed by atoms with E-state index in [1.165, 1.54) is 35.7 Å². The summed E-state index contributed by atoms with van der Waals surface area (Å²) in [5.41, 5.74) is 1.09. The molecule has 1 saturated heterocycles. The molecule has 3 rings (SSSR count). The second-order valence-electron chi connectivity index (χ2n) is 7.63. The molecule has 1 aliphatic heterocycles. The fraction of sp³-hybridized carbons (Fsp3) is 0.409. The van der Waals surface area contributed by atoms with Crippen LogP contribution in [0.3, 0.4) is 0 Å². The highest BCUT2D eigenvalue weighted by Gasteiger charge is 2.25. The first-order chi connectivity index (χ1) is 15.2. The van der Waals surface area contributed by atoms with Gasteiger partial charge in [0.25, 0.3) is 5.91 Å². The Hall–Kier alpha value is -2.27. The minimum absolute atomic E-state index is 0.0999. The highest BCUT2D eigenvalue weighted by atomic mass is 32.2. The number of piperidine rings is 1. The summed E-state index contributed by atoms with van der Waals surface area (Å²) in [6.45, 7) is 1.42. The molecule has 2 aromatic carbocycles. The van der Waals surface area contributed by atoms with Gasteiger partial charge in [0.1, 0.15) is 0 Å². The third kappa shape index (κ3) is 5.94. The van der Waals surface area contributed by atoms with Gasteiger partial charge in [-0.25, -0.2) is 16.8 Å². The molecule has 0 spiro atoms. The highest BCUT2D eigenvalue weighted by molar-refractivity contribution is 7.91. The number of nitrogens with one attached hydrogen (secondary N) is 1. The summed E-state index contributed by atoms with van der Waals surface area (Å²) in [4.78, 5) is 12.8. The Bertz CT molecular complexity index is 1120. The Kier molecular flexibility index (Phi) is 8.05. The van der Waals surface area contributed by atoms with Crippen molar-refractivity contribution in [2.24, 2.45) is 0 Å². The van der Waals surface area contributed by atoms with Gasteiger partial charge in [0.2, 0.25) is 10.0 Å². The number of nitrogens with zero attached hydrogens (tertiary/aromatic N) is 1. The van der Waals surface area contributed by atoms with Crippen LogP contribution in [0.2, 0.25) is 0 Å². The molecule has 1 aliphatic rings. The third-order valence-corrected chi connectivity index (χ3v) is 8.97. The van der Waals surface area contributed by atoms with Crippen LogP contribution in [-0.2, 0) is 31.1 Å². The number of hydrogen-bond acceptors (Lipinski definition) is 6. The molecule has 1 fully saturated rings. The summed E-state index contributed by atoms with van der Waals surface area (Å²) in [5.74, 6) is -0.478. The molecular weight excluding hydrogens is 452 g/mol. The number of sulfone groups is 1. The van der Waals surface area contributed by atoms with Gasteiger partial charge in [0.05, 0.1) is 22.2 Å². The van der Waals surface area contributed by atoms with Gasteiger partial charge in [-0.05, 0) is 54.8 Å². The van der Waals surface area contributed by atoms with E-state index in [-0.39, 0.29) is 34.6 Å². The summed E-state index contributed by atoms with van der Waals surface area (Å²) in [7, 11) is -5.51. The molecule has 0 aromatic heterocycles. The van der Waals surface area contributed by atoms with Crippen LogP contribution in [-0.4, -0.2) is 59.6 Å². The minimum Gasteiger partial charge on any atom is -0.384 e. The maximum Gasteiger partial charge on any atom is 0.251 e. The third-order valence-electron chi connectivity index (χ3n) is 5.36. The van der Waals surface area contributed by atoms with Gasteiger partial charge in [-0.1, -0.05) is 18.6 Å². The van der Waals surface area contributed by atoms with E-state index in [4.69, 9.17) is 4.74 Å². The van der Waals surface area contributed by atoms with Crippen molar-refractivity contribution in [2.75, 3.05) is 32.6 Å². The monoisotopic (exact) mass is 480 g/mol. The Labute approximate surface area is 189 Å². The molecule has 10 heteroatoms. The maximum atomic E-state index is 12.7. The maximum absolute atomic E-state index is 12.7. The van der Waals surface area contributed by atoms with E-state index in [9.17, 15) is 21.6 Å². The van der Waals surface area contributed by atoms with Crippen molar-refractivity contribution in [3.05, 3.63) is 59.7 Å². The number of carbonyl (C=O) groups excluding carboxylic acids is 1. The number of benzene rings is 2. The Morgan fingerprint density at radius 3 is 2.09 bits per heavy atom. The van der Waals surface area contributed by atoms with Gasteiger partial charge in [0.15, 0.2) is 9.84 Å². The molecule has 0 unspecified atom stereocenters. The van der Waals surface area contributed by atoms with Crippen molar-refractivity contribution in [3.8, 4) is 0 Å². The predicted molar refractivity (Wildman–Crippen MR) is 121 cm³/mol. The van der Waals surface area contributed by atoms with Crippen molar-refractivity contribution >= 4 is 25.8 Å². The topological polar surface area (TPSA) is 110 Å². The summed E-state index contributed by atoms with van der Waals surface area (Å²) in [5, 5.41) is 2.76. The van der Waals surface area contributed by atoms with E-state index in [2.05, 4.69) is 5.32 Å². The average Bonchev–Trinajstić information content (AvgIpc) is 2.82. The largest absolute Gasteiger partial charge is 0.384 e. The van der Waals surface area contributed by atoms with Crippen LogP contribution in [0.25, 0.3) is 0 Å². The first-order valence-corrected chi connectivity index (χ1v) is 13.5. The normalized spacial score (nSPS) is 15.4. The predicted octanol–water partition coefficient (Wildman–Crippen LogP) is 2.21. The van der Waals surface area contributed by atoms with Crippen LogP contribution in [0.4, 0.5) is 0 Å². The van der Waals surface area contributed by atoms with Crippen LogP contribution in [0, 0.1) is 0 Å². The number of hydrogen-bond donors (Lipinski definition) is 1. The van der Waals surface area contributed by atoms with Gasteiger partial charge in [0, 0.05) is 32.3 Å². The zero-order valence-corrected chi connectivity index (χ0v) is 19.6. The molecule has 0 saturated carbocycles. The van der Waals surface area contributed by atoms with Crippen molar-refractivity contribution in [1.29, 1.82) is 0 Å². The molecule has 0 radical (unpaired) electrons. The van der Waals surface area contributed by atoms with Crippen LogP contribution in [0.15, 0.2) is 58.3 Å². The van der Waals surface area contributed by atoms with Crippen LogP contribution >= 0.6 is 0 Å². The van der Waals surface area contributed by atoms with Gasteiger partial charge in [-0.15, -0.1) is 0 Å². The Morgan fingerprint density at radius 1 is 0.906 bits per heavy atom. The molecule has 32 heavy (non-hydrogen) atoms. The zero-order valence-electron chi connectivity index (χ0n) is 18.0. The molecule has 1 N–H and O–H groups in total. The van der Waals surface area contributed by atoms with Crippen molar-refractivity contribution in [3.63, 3.8) is 0 Å². The molecule has 174 valence electrons. The lowest BCUT2D eigenvalue weighted by Crippen LogP contribution is -2.35. The number of sulfonamides is 1. The molecule has 0 aliphatic carbocycles. The molecule has 1 amide bonds. The fourth-order valence-electron chi connectivity index (χ4n) is 3.44. The number of rotatable bonds is 9. The van der Waals surface area contributed by atoms with E-state index in [1.54, 1.807) is 24.3 Å². The number of carbonyl (C=O) groups is 1. The minimum atomic E-state index is -3.49. The van der Waals surface area contributed by atoms with Gasteiger partial charge >= 0.3 is 0 Å². The molecule has 8 nitrogen and oxygen atoms in total. The summed E-state index contributed by atoms with van der Waals surface area (Å²) >= 11 is 0. The lowest BCUT2D eigenvalue weighted by atomic mass is 10.2. The molecule has 2 aromatic rings. The second kappa shape index (κ2) is 10.6. The van der Waals surface area contributed by atoms with Crippen molar-refractivity contribution < 1.29 is 26.4 Å². The second-order valence-corrected chi connectivity index (χ2v) is 11.7. The number of amides is 1. The summed E-state index contributed by atoms with van der Waals surface area (Å²) < 4.78 is 56.1. The summed E-state index contributed by atoms with van der Waals surface area (Å²) in [6, 6.07) is 12.2. The SMILES string of the molecule is COCCS(=O)(=O)c1ccc(C(=O)NCc2ccc(S(=O)(=O)N3CCCCC3)cc2)cc1. The molecule has 0 atom stereocenters. The van der Waals surface area contributed by atoms with Gasteiger partial charge in [-0.3, -0.25) is 4.79 Å². The van der Waals surface area contributed by atoms with Gasteiger partial charge < -0.3 is 10.1 Å². The standard InChI is InChI=1S/C22H28N2O6S2/c1-30-15-16-31(26,27)20-11-7-19(8-12-20)22(25)23-17-18-5-9-21(10-6-18)32(28,29)24-13-3-2-4-14-24/h5-12H,2-4,13-17H2,1H3,(H,23,25). The van der Waals surface area contributed by atoms with Crippen molar-refractivity contribution in [1.82, 2.24) is 9.62 Å². The lowest BCUT2D eigenvalue weighted by Gasteiger charge is -2.25. The van der Waals surface area contributed by atoms with E-state index in [0.717, 1.165) is 24.8 Å². The summed E-state index contributed by atoms with van der Waals surface area (Å²) in [6.07, 6.45) is 2.81. The fourth-order valence-corrected chi connectivity index (χ4v) is 6.13. The van der Waals surface area contributed by atoms with E-state index >= 15 is 0 Å². The smallest absolute Gasteiger partial charge is 0.251 e. The molecule has 0 bridgehead atoms. The van der Waals surface area contributed by atoms with Crippen LogP contribution < -0.4 is 5.32 Å². The first-order valence-electron chi connectivity index (χ1n) is 10.4. The van der Waals surface area contributed by atoms with Crippen molar-refractivity contribution in [2.45, 2.75) is 35.6 Å². The Balaban J connectivity index is 1.59. The van der Waals surface area contributed by atoms with E-state index in [0.29, 0.717) is 18.7 Å². The van der Waals surface area contributed by atoms with E-state index < -0.39 is 19.9 Å². The zero-order chi connectivity index (χ0) is 23.2.